The Morgan fingerprint density at radius 2 is 2.04 bits per heavy atom. The number of rotatable bonds is 5. The number of benzene rings is 1. The molecule has 1 amide bonds. The number of β-amino-alcohol motifs (C(OH)–C–C–N with tert-alkyl or cyclic N) is 1. The maximum Gasteiger partial charge on any atom is 0.408 e. The van der Waals surface area contributed by atoms with E-state index in [-0.39, 0.29) is 0 Å². The van der Waals surface area contributed by atoms with E-state index >= 15 is 0 Å². The van der Waals surface area contributed by atoms with Crippen molar-refractivity contribution in [1.29, 1.82) is 0 Å². The van der Waals surface area contributed by atoms with Gasteiger partial charge in [0.2, 0.25) is 0 Å². The highest BCUT2D eigenvalue weighted by Crippen LogP contribution is 2.32. The van der Waals surface area contributed by atoms with E-state index in [9.17, 15) is 9.90 Å². The molecule has 0 saturated carbocycles. The number of methoxy groups -OCH3 is 1. The van der Waals surface area contributed by atoms with Gasteiger partial charge in [0, 0.05) is 26.7 Å². The second-order valence-electron chi connectivity index (χ2n) is 7.22. The summed E-state index contributed by atoms with van der Waals surface area (Å²) in [4.78, 5) is 14.2. The van der Waals surface area contributed by atoms with Crippen molar-refractivity contribution < 1.29 is 19.4 Å². The monoisotopic (exact) mass is 336 g/mol. The highest BCUT2D eigenvalue weighted by atomic mass is 16.6. The molecule has 0 radical (unpaired) electrons. The van der Waals surface area contributed by atoms with Crippen molar-refractivity contribution in [2.24, 2.45) is 0 Å². The zero-order valence-corrected chi connectivity index (χ0v) is 14.9. The van der Waals surface area contributed by atoms with Gasteiger partial charge in [0.1, 0.15) is 11.2 Å². The summed E-state index contributed by atoms with van der Waals surface area (Å²) in [6.45, 7) is 7.68. The van der Waals surface area contributed by atoms with Gasteiger partial charge in [0.05, 0.1) is 12.6 Å². The van der Waals surface area contributed by atoms with Gasteiger partial charge in [0.25, 0.3) is 0 Å². The highest BCUT2D eigenvalue weighted by Gasteiger charge is 2.47. The average molecular weight is 336 g/mol. The number of nitrogens with one attached hydrogen (secondary N) is 1. The van der Waals surface area contributed by atoms with Crippen LogP contribution in [0.3, 0.4) is 0 Å². The molecule has 1 aromatic carbocycles. The van der Waals surface area contributed by atoms with Crippen LogP contribution in [0.25, 0.3) is 0 Å². The van der Waals surface area contributed by atoms with Crippen LogP contribution in [0, 0.1) is 0 Å². The Hall–Kier alpha value is -1.63. The number of carbonyl (C=O) groups excluding carboxylic acids is 1. The summed E-state index contributed by atoms with van der Waals surface area (Å²) in [6.07, 6.45) is -0.518. The third-order valence-corrected chi connectivity index (χ3v) is 4.06. The number of hydrogen-bond donors (Lipinski definition) is 2. The van der Waals surface area contributed by atoms with Crippen molar-refractivity contribution in [3.63, 3.8) is 0 Å². The van der Waals surface area contributed by atoms with Gasteiger partial charge < -0.3 is 19.9 Å². The number of carbonyl (C=O) groups is 1. The summed E-state index contributed by atoms with van der Waals surface area (Å²) in [6, 6.07) is 8.98. The number of ether oxygens (including phenoxy) is 2. The molecule has 2 atom stereocenters. The van der Waals surface area contributed by atoms with E-state index in [4.69, 9.17) is 9.47 Å². The maximum absolute atomic E-state index is 12.2. The van der Waals surface area contributed by atoms with Gasteiger partial charge in [-0.1, -0.05) is 30.3 Å². The molecule has 1 fully saturated rings. The first-order chi connectivity index (χ1) is 11.2. The Kier molecular flexibility index (Phi) is 5.85. The second-order valence-corrected chi connectivity index (χ2v) is 7.22. The largest absolute Gasteiger partial charge is 0.444 e. The topological polar surface area (TPSA) is 71.0 Å². The van der Waals surface area contributed by atoms with Crippen molar-refractivity contribution >= 4 is 6.09 Å². The van der Waals surface area contributed by atoms with Crippen LogP contribution in [-0.4, -0.2) is 61.1 Å². The molecule has 0 unspecified atom stereocenters. The van der Waals surface area contributed by atoms with Gasteiger partial charge in [-0.3, -0.25) is 4.90 Å². The lowest BCUT2D eigenvalue weighted by molar-refractivity contribution is 0.00983. The predicted molar refractivity (Wildman–Crippen MR) is 91.8 cm³/mol. The van der Waals surface area contributed by atoms with Crippen molar-refractivity contribution in [3.8, 4) is 0 Å². The standard InChI is InChI=1S/C18H28N2O4/c1-17(2,3)24-16(21)19-15-12-20(10-11-23-4)13-18(15,22)14-8-6-5-7-9-14/h5-9,15,22H,10-13H2,1-4H3,(H,19,21)/t15-,18-/m1/s1. The highest BCUT2D eigenvalue weighted by molar-refractivity contribution is 5.68. The second kappa shape index (κ2) is 7.51. The fourth-order valence-corrected chi connectivity index (χ4v) is 2.95. The lowest BCUT2D eigenvalue weighted by atomic mass is 9.89. The zero-order chi connectivity index (χ0) is 17.8. The Morgan fingerprint density at radius 1 is 1.38 bits per heavy atom. The summed E-state index contributed by atoms with van der Waals surface area (Å²) < 4.78 is 10.5. The number of amides is 1. The molecule has 1 aliphatic heterocycles. The van der Waals surface area contributed by atoms with Crippen LogP contribution in [0.1, 0.15) is 26.3 Å². The number of alkyl carbamates (subject to hydrolysis) is 1. The zero-order valence-electron chi connectivity index (χ0n) is 14.9. The Morgan fingerprint density at radius 3 is 2.62 bits per heavy atom. The van der Waals surface area contributed by atoms with E-state index in [2.05, 4.69) is 10.2 Å². The molecule has 6 nitrogen and oxygen atoms in total. The van der Waals surface area contributed by atoms with Crippen LogP contribution in [-0.2, 0) is 15.1 Å². The van der Waals surface area contributed by atoms with Crippen LogP contribution in [0.2, 0.25) is 0 Å². The van der Waals surface area contributed by atoms with E-state index in [1.165, 1.54) is 0 Å². The van der Waals surface area contributed by atoms with E-state index < -0.39 is 23.3 Å². The van der Waals surface area contributed by atoms with Crippen LogP contribution in [0.4, 0.5) is 4.79 Å². The smallest absolute Gasteiger partial charge is 0.408 e. The first-order valence-corrected chi connectivity index (χ1v) is 8.23. The number of hydrogen-bond acceptors (Lipinski definition) is 5. The van der Waals surface area contributed by atoms with Gasteiger partial charge in [-0.25, -0.2) is 4.79 Å². The predicted octanol–water partition coefficient (Wildman–Crippen LogP) is 1.73. The van der Waals surface area contributed by atoms with Crippen molar-refractivity contribution in [3.05, 3.63) is 35.9 Å². The van der Waals surface area contributed by atoms with E-state index in [1.807, 2.05) is 51.1 Å². The van der Waals surface area contributed by atoms with Crippen LogP contribution in [0.15, 0.2) is 30.3 Å². The molecule has 0 aromatic heterocycles. The molecule has 24 heavy (non-hydrogen) atoms. The number of nitrogens with zero attached hydrogens (tertiary/aromatic N) is 1. The lowest BCUT2D eigenvalue weighted by Gasteiger charge is -2.31. The van der Waals surface area contributed by atoms with Crippen LogP contribution < -0.4 is 5.32 Å². The van der Waals surface area contributed by atoms with Gasteiger partial charge in [-0.2, -0.15) is 0 Å². The Bertz CT molecular complexity index is 544. The minimum atomic E-state index is -1.16. The molecule has 6 heteroatoms. The van der Waals surface area contributed by atoms with Gasteiger partial charge in [-0.05, 0) is 26.3 Å². The fraction of sp³-hybridized carbons (Fsp3) is 0.611. The molecule has 2 N–H and O–H groups in total. The minimum Gasteiger partial charge on any atom is -0.444 e. The van der Waals surface area contributed by atoms with Gasteiger partial charge in [-0.15, -0.1) is 0 Å². The normalized spacial score (nSPS) is 24.8. The summed E-state index contributed by atoms with van der Waals surface area (Å²) in [5, 5.41) is 14.1. The quantitative estimate of drug-likeness (QED) is 0.857. The number of likely N-dealkylation sites (tertiary alicyclic amines) is 1. The third-order valence-electron chi connectivity index (χ3n) is 4.06. The van der Waals surface area contributed by atoms with E-state index in [0.29, 0.717) is 26.2 Å². The molecular weight excluding hydrogens is 308 g/mol. The van der Waals surface area contributed by atoms with Crippen LogP contribution in [0.5, 0.6) is 0 Å². The molecule has 2 rings (SSSR count). The van der Waals surface area contributed by atoms with Crippen molar-refractivity contribution in [1.82, 2.24) is 10.2 Å². The van der Waals surface area contributed by atoms with Gasteiger partial charge in [0.15, 0.2) is 0 Å². The molecule has 0 bridgehead atoms. The van der Waals surface area contributed by atoms with Crippen molar-refractivity contribution in [2.75, 3.05) is 33.4 Å². The maximum atomic E-state index is 12.2. The third kappa shape index (κ3) is 4.69. The molecular formula is C18H28N2O4. The van der Waals surface area contributed by atoms with Crippen molar-refractivity contribution in [2.45, 2.75) is 38.0 Å². The molecule has 0 spiro atoms. The molecule has 0 aliphatic carbocycles. The molecule has 1 aromatic rings. The molecule has 1 saturated heterocycles. The lowest BCUT2D eigenvalue weighted by Crippen LogP contribution is -2.51. The first kappa shape index (κ1) is 18.7. The SMILES string of the molecule is COCCN1C[C@@H](NC(=O)OC(C)(C)C)[C@](O)(c2ccccc2)C1. The molecule has 134 valence electrons. The Balaban J connectivity index is 2.16. The van der Waals surface area contributed by atoms with E-state index in [0.717, 1.165) is 5.56 Å². The summed E-state index contributed by atoms with van der Waals surface area (Å²) in [7, 11) is 1.65. The molecule has 1 heterocycles. The molecule has 1 aliphatic rings. The summed E-state index contributed by atoms with van der Waals surface area (Å²) in [5.74, 6) is 0. The van der Waals surface area contributed by atoms with E-state index in [1.54, 1.807) is 7.11 Å². The average Bonchev–Trinajstić information content (AvgIpc) is 2.81. The minimum absolute atomic E-state index is 0.431. The first-order valence-electron chi connectivity index (χ1n) is 8.23. The van der Waals surface area contributed by atoms with Crippen LogP contribution >= 0.6 is 0 Å². The van der Waals surface area contributed by atoms with Gasteiger partial charge >= 0.3 is 6.09 Å². The fourth-order valence-electron chi connectivity index (χ4n) is 2.95. The summed E-state index contributed by atoms with van der Waals surface area (Å²) >= 11 is 0. The number of aliphatic hydroxyl groups is 1. The summed E-state index contributed by atoms with van der Waals surface area (Å²) in [5.41, 5.74) is -0.958. The Labute approximate surface area is 143 Å².